The first kappa shape index (κ1) is 13.3. The van der Waals surface area contributed by atoms with Crippen LogP contribution in [0.5, 0.6) is 11.5 Å². The second-order valence-corrected chi connectivity index (χ2v) is 4.82. The van der Waals surface area contributed by atoms with Gasteiger partial charge in [0.2, 0.25) is 0 Å². The second-order valence-electron chi connectivity index (χ2n) is 4.82. The third-order valence-corrected chi connectivity index (χ3v) is 2.23. The standard InChI is InChI=1S/C12H17NO4/c1-13(2,3)7-8-17-12(16)9-5-4-6-10(14)11(9)15/h4-6H,7-8H2,1-3H3,(H-,14,15,16)/p+1. The van der Waals surface area contributed by atoms with Crippen molar-refractivity contribution in [2.24, 2.45) is 0 Å². The predicted molar refractivity (Wildman–Crippen MR) is 63.0 cm³/mol. The number of quaternary nitrogens is 1. The number of para-hydroxylation sites is 1. The lowest BCUT2D eigenvalue weighted by Crippen LogP contribution is -2.38. The summed E-state index contributed by atoms with van der Waals surface area (Å²) in [6.07, 6.45) is 0. The molecule has 1 aromatic rings. The molecule has 5 nitrogen and oxygen atoms in total. The van der Waals surface area contributed by atoms with E-state index >= 15 is 0 Å². The van der Waals surface area contributed by atoms with Gasteiger partial charge in [0.1, 0.15) is 18.7 Å². The maximum atomic E-state index is 11.6. The van der Waals surface area contributed by atoms with Crippen LogP contribution in [0.3, 0.4) is 0 Å². The first-order chi connectivity index (χ1) is 7.81. The lowest BCUT2D eigenvalue weighted by atomic mass is 10.2. The Labute approximate surface area is 100 Å². The molecule has 0 spiro atoms. The smallest absolute Gasteiger partial charge is 0.342 e. The zero-order valence-corrected chi connectivity index (χ0v) is 10.3. The van der Waals surface area contributed by atoms with Crippen molar-refractivity contribution in [2.45, 2.75) is 0 Å². The number of esters is 1. The molecule has 1 rings (SSSR count). The highest BCUT2D eigenvalue weighted by Gasteiger charge is 2.16. The molecule has 0 fully saturated rings. The minimum absolute atomic E-state index is 0.0218. The number of hydrogen-bond acceptors (Lipinski definition) is 4. The van der Waals surface area contributed by atoms with Crippen molar-refractivity contribution in [3.63, 3.8) is 0 Å². The molecule has 0 heterocycles. The van der Waals surface area contributed by atoms with Crippen LogP contribution in [0.25, 0.3) is 0 Å². The molecule has 94 valence electrons. The molecule has 0 unspecified atom stereocenters. The highest BCUT2D eigenvalue weighted by atomic mass is 16.5. The van der Waals surface area contributed by atoms with Crippen LogP contribution in [0, 0.1) is 0 Å². The van der Waals surface area contributed by atoms with E-state index in [-0.39, 0.29) is 17.9 Å². The highest BCUT2D eigenvalue weighted by Crippen LogP contribution is 2.28. The minimum atomic E-state index is -0.633. The van der Waals surface area contributed by atoms with Crippen LogP contribution in [0.4, 0.5) is 0 Å². The summed E-state index contributed by atoms with van der Waals surface area (Å²) < 4.78 is 5.69. The van der Waals surface area contributed by atoms with Crippen LogP contribution >= 0.6 is 0 Å². The fourth-order valence-electron chi connectivity index (χ4n) is 1.19. The largest absolute Gasteiger partial charge is 0.504 e. The number of phenolic OH excluding ortho intramolecular Hbond substituents is 2. The average molecular weight is 240 g/mol. The Bertz CT molecular complexity index is 409. The molecule has 0 atom stereocenters. The van der Waals surface area contributed by atoms with Gasteiger partial charge in [0.25, 0.3) is 0 Å². The normalized spacial score (nSPS) is 11.2. The average Bonchev–Trinajstić information content (AvgIpc) is 2.20. The Kier molecular flexibility index (Phi) is 3.96. The molecule has 0 aliphatic heterocycles. The summed E-state index contributed by atoms with van der Waals surface area (Å²) >= 11 is 0. The molecule has 0 amide bonds. The van der Waals surface area contributed by atoms with Crippen molar-refractivity contribution in [1.29, 1.82) is 0 Å². The van der Waals surface area contributed by atoms with Crippen molar-refractivity contribution in [2.75, 3.05) is 34.3 Å². The van der Waals surface area contributed by atoms with E-state index in [1.165, 1.54) is 18.2 Å². The monoisotopic (exact) mass is 240 g/mol. The molecule has 0 aliphatic carbocycles. The summed E-state index contributed by atoms with van der Waals surface area (Å²) in [6.45, 7) is 0.933. The first-order valence-electron chi connectivity index (χ1n) is 5.30. The predicted octanol–water partition coefficient (Wildman–Crippen LogP) is 0.961. The Balaban J connectivity index is 2.62. The number of benzene rings is 1. The van der Waals surface area contributed by atoms with Gasteiger partial charge < -0.3 is 19.4 Å². The third-order valence-electron chi connectivity index (χ3n) is 2.23. The van der Waals surface area contributed by atoms with Gasteiger partial charge in [-0.3, -0.25) is 0 Å². The molecule has 5 heteroatoms. The van der Waals surface area contributed by atoms with Crippen molar-refractivity contribution >= 4 is 5.97 Å². The molecule has 0 bridgehead atoms. The summed E-state index contributed by atoms with van der Waals surface area (Å²) in [5.74, 6) is -1.40. The molecular weight excluding hydrogens is 222 g/mol. The zero-order valence-electron chi connectivity index (χ0n) is 10.3. The number of carbonyl (C=O) groups is 1. The second kappa shape index (κ2) is 5.05. The molecule has 17 heavy (non-hydrogen) atoms. The molecule has 1 aromatic carbocycles. The van der Waals surface area contributed by atoms with Gasteiger partial charge in [-0.25, -0.2) is 4.79 Å². The van der Waals surface area contributed by atoms with E-state index in [1.807, 2.05) is 21.1 Å². The van der Waals surface area contributed by atoms with Gasteiger partial charge in [-0.2, -0.15) is 0 Å². The summed E-state index contributed by atoms with van der Waals surface area (Å²) in [7, 11) is 5.96. The summed E-state index contributed by atoms with van der Waals surface area (Å²) in [5.41, 5.74) is -0.0218. The van der Waals surface area contributed by atoms with Gasteiger partial charge in [-0.05, 0) is 12.1 Å². The van der Waals surface area contributed by atoms with Crippen LogP contribution in [0.2, 0.25) is 0 Å². The van der Waals surface area contributed by atoms with Crippen LogP contribution in [0.15, 0.2) is 18.2 Å². The number of ether oxygens (including phenoxy) is 1. The van der Waals surface area contributed by atoms with E-state index in [9.17, 15) is 15.0 Å². The molecular formula is C12H18NO4+. The van der Waals surface area contributed by atoms with E-state index in [0.29, 0.717) is 11.0 Å². The molecule has 0 aromatic heterocycles. The summed E-state index contributed by atoms with van der Waals surface area (Å²) in [6, 6.07) is 4.19. The minimum Gasteiger partial charge on any atom is -0.504 e. The Morgan fingerprint density at radius 1 is 1.29 bits per heavy atom. The number of phenols is 2. The lowest BCUT2D eigenvalue weighted by Gasteiger charge is -2.23. The molecule has 0 saturated carbocycles. The van der Waals surface area contributed by atoms with Crippen LogP contribution in [-0.4, -0.2) is 55.0 Å². The Morgan fingerprint density at radius 3 is 2.53 bits per heavy atom. The fraction of sp³-hybridized carbons (Fsp3) is 0.417. The molecule has 0 saturated heterocycles. The van der Waals surface area contributed by atoms with Gasteiger partial charge in [0.05, 0.1) is 21.1 Å². The fourth-order valence-corrected chi connectivity index (χ4v) is 1.19. The first-order valence-corrected chi connectivity index (χ1v) is 5.30. The Hall–Kier alpha value is -1.75. The quantitative estimate of drug-likeness (QED) is 0.467. The van der Waals surface area contributed by atoms with Crippen molar-refractivity contribution in [3.8, 4) is 11.5 Å². The number of aromatic hydroxyl groups is 2. The maximum Gasteiger partial charge on any atom is 0.342 e. The van der Waals surface area contributed by atoms with E-state index in [0.717, 1.165) is 0 Å². The summed E-state index contributed by atoms with van der Waals surface area (Å²) in [4.78, 5) is 11.6. The number of rotatable bonds is 4. The van der Waals surface area contributed by atoms with Crippen molar-refractivity contribution in [3.05, 3.63) is 23.8 Å². The lowest BCUT2D eigenvalue weighted by molar-refractivity contribution is -0.870. The van der Waals surface area contributed by atoms with Gasteiger partial charge in [0.15, 0.2) is 11.5 Å². The maximum absolute atomic E-state index is 11.6. The van der Waals surface area contributed by atoms with Crippen LogP contribution in [-0.2, 0) is 4.74 Å². The number of hydrogen-bond donors (Lipinski definition) is 2. The van der Waals surface area contributed by atoms with Gasteiger partial charge in [-0.1, -0.05) is 6.07 Å². The third kappa shape index (κ3) is 3.96. The van der Waals surface area contributed by atoms with Crippen molar-refractivity contribution < 1.29 is 24.2 Å². The van der Waals surface area contributed by atoms with Crippen LogP contribution in [0.1, 0.15) is 10.4 Å². The van der Waals surface area contributed by atoms with E-state index in [1.54, 1.807) is 0 Å². The van der Waals surface area contributed by atoms with E-state index in [4.69, 9.17) is 4.74 Å². The Morgan fingerprint density at radius 2 is 1.94 bits per heavy atom. The zero-order chi connectivity index (χ0) is 13.1. The van der Waals surface area contributed by atoms with Crippen LogP contribution < -0.4 is 0 Å². The van der Waals surface area contributed by atoms with Gasteiger partial charge in [-0.15, -0.1) is 0 Å². The SMILES string of the molecule is C[N+](C)(C)CCOC(=O)c1cccc(O)c1O. The molecule has 2 N–H and O–H groups in total. The van der Waals surface area contributed by atoms with Crippen molar-refractivity contribution in [1.82, 2.24) is 0 Å². The van der Waals surface area contributed by atoms with E-state index in [2.05, 4.69) is 0 Å². The van der Waals surface area contributed by atoms with Gasteiger partial charge >= 0.3 is 5.97 Å². The van der Waals surface area contributed by atoms with E-state index < -0.39 is 11.7 Å². The molecule has 0 radical (unpaired) electrons. The topological polar surface area (TPSA) is 66.8 Å². The molecule has 0 aliphatic rings. The number of carbonyl (C=O) groups excluding carboxylic acids is 1. The highest BCUT2D eigenvalue weighted by molar-refractivity contribution is 5.93. The number of likely N-dealkylation sites (N-methyl/N-ethyl adjacent to an activating group) is 1. The number of nitrogens with zero attached hydrogens (tertiary/aromatic N) is 1. The van der Waals surface area contributed by atoms with Gasteiger partial charge in [0, 0.05) is 0 Å². The summed E-state index contributed by atoms with van der Waals surface area (Å²) in [5, 5.41) is 18.7.